The number of halogens is 1. The van der Waals surface area contributed by atoms with Crippen molar-refractivity contribution in [3.05, 3.63) is 58.6 Å². The van der Waals surface area contributed by atoms with Crippen LogP contribution in [0.4, 0.5) is 0 Å². The number of hydrogen-bond donors (Lipinski definition) is 1. The molecule has 0 saturated heterocycles. The highest BCUT2D eigenvalue weighted by Gasteiger charge is 2.05. The summed E-state index contributed by atoms with van der Waals surface area (Å²) in [4.78, 5) is 0. The lowest BCUT2D eigenvalue weighted by Crippen LogP contribution is -1.95. The van der Waals surface area contributed by atoms with Crippen LogP contribution in [0.3, 0.4) is 0 Å². The second-order valence-electron chi connectivity index (χ2n) is 3.36. The minimum Gasteiger partial charge on any atom is -0.503 e. The molecule has 0 amide bonds. The molecule has 0 fully saturated rings. The molecule has 0 heterocycles. The van der Waals surface area contributed by atoms with Gasteiger partial charge in [-0.25, -0.2) is 0 Å². The zero-order valence-corrected chi connectivity index (χ0v) is 10.1. The first-order valence-corrected chi connectivity index (χ1v) is 5.71. The van der Waals surface area contributed by atoms with Gasteiger partial charge < -0.3 is 9.84 Å². The summed E-state index contributed by atoms with van der Waals surface area (Å²) in [6.45, 7) is 0.449. The monoisotopic (exact) mass is 278 g/mol. The van der Waals surface area contributed by atoms with Crippen LogP contribution in [0.2, 0.25) is 0 Å². The first-order chi connectivity index (χ1) is 7.77. The van der Waals surface area contributed by atoms with Gasteiger partial charge in [0.05, 0.1) is 4.47 Å². The Bertz CT molecular complexity index is 469. The number of para-hydroxylation sites is 1. The number of phenols is 1. The van der Waals surface area contributed by atoms with E-state index in [-0.39, 0.29) is 5.75 Å². The lowest BCUT2D eigenvalue weighted by molar-refractivity contribution is 0.288. The molecule has 0 aromatic heterocycles. The van der Waals surface area contributed by atoms with Crippen molar-refractivity contribution in [1.82, 2.24) is 0 Å². The Balaban J connectivity index is 2.08. The molecule has 0 spiro atoms. The fourth-order valence-corrected chi connectivity index (χ4v) is 1.70. The van der Waals surface area contributed by atoms with Crippen molar-refractivity contribution in [1.29, 1.82) is 0 Å². The van der Waals surface area contributed by atoms with Crippen LogP contribution in [0.15, 0.2) is 53.0 Å². The molecule has 2 rings (SSSR count). The summed E-state index contributed by atoms with van der Waals surface area (Å²) in [6, 6.07) is 15.2. The minimum absolute atomic E-state index is 0.137. The average Bonchev–Trinajstić information content (AvgIpc) is 2.32. The molecule has 3 heteroatoms. The maximum atomic E-state index is 9.70. The number of phenolic OH excluding ortho intramolecular Hbond substituents is 1. The third-order valence-electron chi connectivity index (χ3n) is 2.19. The Morgan fingerprint density at radius 1 is 1.00 bits per heavy atom. The predicted molar refractivity (Wildman–Crippen MR) is 66.6 cm³/mol. The van der Waals surface area contributed by atoms with Gasteiger partial charge >= 0.3 is 0 Å². The molecule has 0 aliphatic heterocycles. The molecule has 1 N–H and O–H groups in total. The lowest BCUT2D eigenvalue weighted by atomic mass is 10.2. The zero-order chi connectivity index (χ0) is 11.4. The number of ether oxygens (including phenoxy) is 1. The highest BCUT2D eigenvalue weighted by Crippen LogP contribution is 2.33. The highest BCUT2D eigenvalue weighted by atomic mass is 79.9. The summed E-state index contributed by atoms with van der Waals surface area (Å²) in [5.41, 5.74) is 1.07. The van der Waals surface area contributed by atoms with E-state index in [0.717, 1.165) is 5.56 Å². The van der Waals surface area contributed by atoms with Gasteiger partial charge in [-0.05, 0) is 33.6 Å². The van der Waals surface area contributed by atoms with Gasteiger partial charge in [-0.1, -0.05) is 36.4 Å². The Morgan fingerprint density at radius 2 is 1.75 bits per heavy atom. The zero-order valence-electron chi connectivity index (χ0n) is 8.56. The normalized spacial score (nSPS) is 10.1. The first-order valence-electron chi connectivity index (χ1n) is 4.91. The Morgan fingerprint density at radius 3 is 2.50 bits per heavy atom. The van der Waals surface area contributed by atoms with Crippen LogP contribution < -0.4 is 4.74 Å². The van der Waals surface area contributed by atoms with Crippen molar-refractivity contribution in [2.24, 2.45) is 0 Å². The number of benzene rings is 2. The van der Waals surface area contributed by atoms with Gasteiger partial charge in [-0.2, -0.15) is 0 Å². The smallest absolute Gasteiger partial charge is 0.172 e. The molecule has 0 atom stereocenters. The third-order valence-corrected chi connectivity index (χ3v) is 2.83. The van der Waals surface area contributed by atoms with E-state index in [1.807, 2.05) is 36.4 Å². The van der Waals surface area contributed by atoms with Crippen molar-refractivity contribution in [3.63, 3.8) is 0 Å². The van der Waals surface area contributed by atoms with Gasteiger partial charge in [0.2, 0.25) is 0 Å². The standard InChI is InChI=1S/C13H11BrO2/c14-11-7-4-8-12(13(11)15)16-9-10-5-2-1-3-6-10/h1-8,15H,9H2. The Labute approximate surface area is 103 Å². The Kier molecular flexibility index (Phi) is 3.47. The van der Waals surface area contributed by atoms with E-state index in [1.54, 1.807) is 12.1 Å². The molecule has 2 aromatic carbocycles. The lowest BCUT2D eigenvalue weighted by Gasteiger charge is -2.08. The van der Waals surface area contributed by atoms with Gasteiger partial charge in [0.15, 0.2) is 11.5 Å². The van der Waals surface area contributed by atoms with E-state index < -0.39 is 0 Å². The van der Waals surface area contributed by atoms with E-state index in [1.165, 1.54) is 0 Å². The molecular formula is C13H11BrO2. The van der Waals surface area contributed by atoms with Crippen molar-refractivity contribution < 1.29 is 9.84 Å². The second kappa shape index (κ2) is 5.03. The molecule has 0 saturated carbocycles. The maximum absolute atomic E-state index is 9.70. The predicted octanol–water partition coefficient (Wildman–Crippen LogP) is 3.73. The number of rotatable bonds is 3. The summed E-state index contributed by atoms with van der Waals surface area (Å²) >= 11 is 3.24. The summed E-state index contributed by atoms with van der Waals surface area (Å²) in [7, 11) is 0. The minimum atomic E-state index is 0.137. The van der Waals surface area contributed by atoms with E-state index in [0.29, 0.717) is 16.8 Å². The SMILES string of the molecule is Oc1c(Br)cccc1OCc1ccccc1. The molecular weight excluding hydrogens is 268 g/mol. The summed E-state index contributed by atoms with van der Waals surface area (Å²) < 4.78 is 6.16. The average molecular weight is 279 g/mol. The molecule has 2 nitrogen and oxygen atoms in total. The van der Waals surface area contributed by atoms with Gasteiger partial charge in [0.25, 0.3) is 0 Å². The van der Waals surface area contributed by atoms with Gasteiger partial charge in [-0.3, -0.25) is 0 Å². The van der Waals surface area contributed by atoms with E-state index in [2.05, 4.69) is 15.9 Å². The van der Waals surface area contributed by atoms with Crippen LogP contribution in [0, 0.1) is 0 Å². The third kappa shape index (κ3) is 2.55. The molecule has 0 radical (unpaired) electrons. The van der Waals surface area contributed by atoms with Crippen LogP contribution in [-0.4, -0.2) is 5.11 Å². The summed E-state index contributed by atoms with van der Waals surface area (Å²) in [6.07, 6.45) is 0. The topological polar surface area (TPSA) is 29.5 Å². The number of hydrogen-bond acceptors (Lipinski definition) is 2. The molecule has 0 bridgehead atoms. The van der Waals surface area contributed by atoms with E-state index in [4.69, 9.17) is 4.74 Å². The highest BCUT2D eigenvalue weighted by molar-refractivity contribution is 9.10. The van der Waals surface area contributed by atoms with Crippen LogP contribution in [-0.2, 0) is 6.61 Å². The fourth-order valence-electron chi connectivity index (χ4n) is 1.35. The van der Waals surface area contributed by atoms with Crippen LogP contribution in [0.5, 0.6) is 11.5 Å². The van der Waals surface area contributed by atoms with E-state index >= 15 is 0 Å². The maximum Gasteiger partial charge on any atom is 0.172 e. The number of aromatic hydroxyl groups is 1. The van der Waals surface area contributed by atoms with Crippen molar-refractivity contribution in [3.8, 4) is 11.5 Å². The molecule has 0 unspecified atom stereocenters. The van der Waals surface area contributed by atoms with E-state index in [9.17, 15) is 5.11 Å². The van der Waals surface area contributed by atoms with Crippen molar-refractivity contribution >= 4 is 15.9 Å². The quantitative estimate of drug-likeness (QED) is 0.927. The second-order valence-corrected chi connectivity index (χ2v) is 4.22. The fraction of sp³-hybridized carbons (Fsp3) is 0.0769. The van der Waals surface area contributed by atoms with Crippen LogP contribution >= 0.6 is 15.9 Å². The molecule has 0 aliphatic rings. The van der Waals surface area contributed by atoms with Crippen molar-refractivity contribution in [2.45, 2.75) is 6.61 Å². The molecule has 2 aromatic rings. The largest absolute Gasteiger partial charge is 0.503 e. The Hall–Kier alpha value is -1.48. The van der Waals surface area contributed by atoms with Gasteiger partial charge in [0, 0.05) is 0 Å². The first kappa shape index (κ1) is 11.0. The van der Waals surface area contributed by atoms with Gasteiger partial charge in [0.1, 0.15) is 6.61 Å². The van der Waals surface area contributed by atoms with Gasteiger partial charge in [-0.15, -0.1) is 0 Å². The summed E-state index contributed by atoms with van der Waals surface area (Å²) in [5.74, 6) is 0.622. The summed E-state index contributed by atoms with van der Waals surface area (Å²) in [5, 5.41) is 9.70. The molecule has 0 aliphatic carbocycles. The van der Waals surface area contributed by atoms with Crippen molar-refractivity contribution in [2.75, 3.05) is 0 Å². The molecule has 16 heavy (non-hydrogen) atoms. The van der Waals surface area contributed by atoms with Crippen LogP contribution in [0.1, 0.15) is 5.56 Å². The van der Waals surface area contributed by atoms with Crippen LogP contribution in [0.25, 0.3) is 0 Å². The molecule has 82 valence electrons.